The molecule has 5 aliphatic rings. The number of nitrogens with zero attached hydrogens (tertiary/aromatic N) is 2. The summed E-state index contributed by atoms with van der Waals surface area (Å²) in [6.45, 7) is 4.81. The molecule has 2 aliphatic heterocycles. The third-order valence-corrected chi connectivity index (χ3v) is 16.5. The van der Waals surface area contributed by atoms with Crippen molar-refractivity contribution in [3.8, 4) is 22.3 Å². The topological polar surface area (TPSA) is 6.48 Å². The Kier molecular flexibility index (Phi) is 9.05. The van der Waals surface area contributed by atoms with Gasteiger partial charge < -0.3 is 9.80 Å². The van der Waals surface area contributed by atoms with E-state index in [1.165, 1.54) is 120 Å². The molecule has 0 spiro atoms. The molecule has 0 unspecified atom stereocenters. The van der Waals surface area contributed by atoms with Crippen molar-refractivity contribution in [3.63, 3.8) is 0 Å². The Morgan fingerprint density at radius 3 is 2.03 bits per heavy atom. The van der Waals surface area contributed by atoms with E-state index < -0.39 is 0 Å². The van der Waals surface area contributed by atoms with E-state index in [4.69, 9.17) is 0 Å². The van der Waals surface area contributed by atoms with E-state index in [9.17, 15) is 0 Å². The van der Waals surface area contributed by atoms with Crippen LogP contribution >= 0.6 is 23.5 Å². The van der Waals surface area contributed by atoms with Crippen LogP contribution in [0, 0.1) is 0 Å². The third kappa shape index (κ3) is 6.33. The molecule has 8 aromatic rings. The zero-order valence-corrected chi connectivity index (χ0v) is 38.1. The van der Waals surface area contributed by atoms with Gasteiger partial charge in [0.2, 0.25) is 0 Å². The summed E-state index contributed by atoms with van der Waals surface area (Å²) in [5.41, 5.74) is 18.0. The van der Waals surface area contributed by atoms with Crippen LogP contribution in [0.1, 0.15) is 61.8 Å². The first-order chi connectivity index (χ1) is 32.0. The van der Waals surface area contributed by atoms with Crippen LogP contribution in [0.2, 0.25) is 0 Å². The first kappa shape index (κ1) is 38.7. The van der Waals surface area contributed by atoms with Gasteiger partial charge in [0.25, 0.3) is 0 Å². The standard InChI is InChI=1S/C61H46N2S2/c1-61(2)51-35-39(24-32-49(51)50-34-31-45(38-52(50)61)63-55-17-7-11-21-59(55)65-60-22-12-8-18-56(60)63)23-25-40-29-33-47(48-14-4-3-13-46(40)48)43-27-26-42-37-44(30-28-41(42)36-43)62-53-15-5-9-19-57(53)64-58-20-10-6-16-54(58)62/h3-7,9-10,12-17,19-20,22-38H,8,11,18,21H2,1-2H3/b25-23+. The molecule has 312 valence electrons. The van der Waals surface area contributed by atoms with E-state index in [-0.39, 0.29) is 5.41 Å². The summed E-state index contributed by atoms with van der Waals surface area (Å²) in [4.78, 5) is 10.4. The molecule has 0 amide bonds. The Bertz CT molecular complexity index is 3440. The van der Waals surface area contributed by atoms with Crippen LogP contribution in [0.25, 0.3) is 56.0 Å². The fraction of sp³-hybridized carbons (Fsp3) is 0.115. The van der Waals surface area contributed by atoms with Crippen molar-refractivity contribution in [2.45, 2.75) is 54.7 Å². The average molecular weight is 871 g/mol. The van der Waals surface area contributed by atoms with Crippen LogP contribution in [0.3, 0.4) is 0 Å². The second-order valence-corrected chi connectivity index (χ2v) is 20.5. The summed E-state index contributed by atoms with van der Waals surface area (Å²) in [7, 11) is 0. The Balaban J connectivity index is 0.800. The quantitative estimate of drug-likeness (QED) is 0.159. The van der Waals surface area contributed by atoms with Crippen LogP contribution in [0.5, 0.6) is 0 Å². The minimum atomic E-state index is -0.127. The number of benzene rings is 8. The van der Waals surface area contributed by atoms with Gasteiger partial charge in [0.05, 0.1) is 17.1 Å². The van der Waals surface area contributed by atoms with Gasteiger partial charge >= 0.3 is 0 Å². The predicted molar refractivity (Wildman–Crippen MR) is 279 cm³/mol. The normalized spacial score (nSPS) is 16.8. The number of allylic oxidation sites excluding steroid dienone is 6. The molecule has 4 heteroatoms. The zero-order chi connectivity index (χ0) is 43.2. The molecule has 0 radical (unpaired) electrons. The molecule has 0 fully saturated rings. The summed E-state index contributed by atoms with van der Waals surface area (Å²) in [5, 5.41) is 4.98. The summed E-state index contributed by atoms with van der Waals surface area (Å²) in [6, 6.07) is 59.1. The second-order valence-electron chi connectivity index (χ2n) is 18.3. The Morgan fingerprint density at radius 2 is 1.18 bits per heavy atom. The Labute approximate surface area is 390 Å². The minimum Gasteiger partial charge on any atom is -0.312 e. The summed E-state index contributed by atoms with van der Waals surface area (Å²) >= 11 is 3.84. The maximum absolute atomic E-state index is 2.58. The molecular formula is C61H46N2S2. The van der Waals surface area contributed by atoms with Gasteiger partial charge in [0.1, 0.15) is 0 Å². The summed E-state index contributed by atoms with van der Waals surface area (Å²) in [5.74, 6) is 0. The molecular weight excluding hydrogens is 825 g/mol. The monoisotopic (exact) mass is 870 g/mol. The van der Waals surface area contributed by atoms with Gasteiger partial charge in [-0.15, -0.1) is 0 Å². The number of para-hydroxylation sites is 2. The molecule has 0 bridgehead atoms. The van der Waals surface area contributed by atoms with Gasteiger partial charge in [-0.3, -0.25) is 0 Å². The fourth-order valence-electron chi connectivity index (χ4n) is 10.9. The molecule has 0 aromatic heterocycles. The molecule has 3 aliphatic carbocycles. The van der Waals surface area contributed by atoms with Crippen LogP contribution in [-0.2, 0) is 5.41 Å². The Hall–Kier alpha value is -6.72. The van der Waals surface area contributed by atoms with Crippen molar-refractivity contribution in [3.05, 3.63) is 225 Å². The highest BCUT2D eigenvalue weighted by molar-refractivity contribution is 8.07. The minimum absolute atomic E-state index is 0.127. The largest absolute Gasteiger partial charge is 0.312 e. The molecule has 0 N–H and O–H groups in total. The second kappa shape index (κ2) is 15.2. The van der Waals surface area contributed by atoms with E-state index in [1.807, 2.05) is 23.5 Å². The van der Waals surface area contributed by atoms with E-state index >= 15 is 0 Å². The molecule has 8 aromatic carbocycles. The molecule has 13 rings (SSSR count). The highest BCUT2D eigenvalue weighted by Crippen LogP contribution is 2.54. The van der Waals surface area contributed by atoms with E-state index in [1.54, 1.807) is 0 Å². The first-order valence-electron chi connectivity index (χ1n) is 22.9. The number of anilines is 4. The van der Waals surface area contributed by atoms with Crippen molar-refractivity contribution in [1.82, 2.24) is 0 Å². The van der Waals surface area contributed by atoms with Crippen LogP contribution in [0.4, 0.5) is 22.7 Å². The molecule has 0 atom stereocenters. The van der Waals surface area contributed by atoms with E-state index in [0.717, 1.165) is 25.7 Å². The van der Waals surface area contributed by atoms with Gasteiger partial charge in [-0.25, -0.2) is 0 Å². The first-order valence-corrected chi connectivity index (χ1v) is 24.6. The maximum Gasteiger partial charge on any atom is 0.0601 e. The number of hydrogen-bond acceptors (Lipinski definition) is 4. The lowest BCUT2D eigenvalue weighted by Gasteiger charge is -2.38. The van der Waals surface area contributed by atoms with Crippen molar-refractivity contribution in [2.24, 2.45) is 0 Å². The van der Waals surface area contributed by atoms with E-state index in [2.05, 4.69) is 218 Å². The Morgan fingerprint density at radius 1 is 0.523 bits per heavy atom. The van der Waals surface area contributed by atoms with Gasteiger partial charge in [-0.2, -0.15) is 0 Å². The lowest BCUT2D eigenvalue weighted by atomic mass is 9.81. The van der Waals surface area contributed by atoms with Crippen LogP contribution in [0.15, 0.2) is 213 Å². The van der Waals surface area contributed by atoms with Gasteiger partial charge in [-0.05, 0) is 152 Å². The van der Waals surface area contributed by atoms with Crippen molar-refractivity contribution in [1.29, 1.82) is 0 Å². The number of rotatable bonds is 5. The fourth-order valence-corrected chi connectivity index (χ4v) is 13.1. The summed E-state index contributed by atoms with van der Waals surface area (Å²) < 4.78 is 0. The van der Waals surface area contributed by atoms with E-state index in [0.29, 0.717) is 0 Å². The van der Waals surface area contributed by atoms with Gasteiger partial charge in [0, 0.05) is 42.1 Å². The van der Waals surface area contributed by atoms with Crippen molar-refractivity contribution in [2.75, 3.05) is 9.80 Å². The van der Waals surface area contributed by atoms with Crippen molar-refractivity contribution < 1.29 is 0 Å². The van der Waals surface area contributed by atoms with Gasteiger partial charge in [-0.1, -0.05) is 171 Å². The summed E-state index contributed by atoms with van der Waals surface area (Å²) in [6.07, 6.45) is 18.4. The number of hydrogen-bond donors (Lipinski definition) is 0. The maximum atomic E-state index is 2.58. The lowest BCUT2D eigenvalue weighted by molar-refractivity contribution is 0.660. The SMILES string of the molecule is CC1(C)c2cc(/C=C/c3ccc(-c4ccc5cc(N6c7ccccc7Sc7ccccc76)ccc5c4)c4ccccc34)ccc2-c2ccc(N3C4=C(CCC=C4)SC4=C3CCC=C4)cc21. The highest BCUT2D eigenvalue weighted by atomic mass is 32.2. The number of fused-ring (bicyclic) bond motifs is 7. The van der Waals surface area contributed by atoms with Gasteiger partial charge in [0.15, 0.2) is 0 Å². The number of thioether (sulfide) groups is 1. The van der Waals surface area contributed by atoms with Crippen LogP contribution in [-0.4, -0.2) is 0 Å². The van der Waals surface area contributed by atoms with Crippen molar-refractivity contribution >= 4 is 80.0 Å². The molecule has 2 heterocycles. The zero-order valence-electron chi connectivity index (χ0n) is 36.5. The predicted octanol–water partition coefficient (Wildman–Crippen LogP) is 17.7. The lowest BCUT2D eigenvalue weighted by Crippen LogP contribution is -2.27. The average Bonchev–Trinajstić information content (AvgIpc) is 3.58. The molecule has 2 nitrogen and oxygen atoms in total. The molecule has 0 saturated heterocycles. The van der Waals surface area contributed by atoms with Crippen LogP contribution < -0.4 is 9.80 Å². The molecule has 65 heavy (non-hydrogen) atoms. The highest BCUT2D eigenvalue weighted by Gasteiger charge is 2.37. The third-order valence-electron chi connectivity index (χ3n) is 14.1. The molecule has 0 saturated carbocycles. The smallest absolute Gasteiger partial charge is 0.0601 e.